The van der Waals surface area contributed by atoms with Gasteiger partial charge in [-0.15, -0.1) is 0 Å². The Kier molecular flexibility index (Phi) is 4.80. The molecule has 144 valence electrons. The standard InChI is InChI=1S/C19H22F2N4O2/c1-2-27-19(26)15-11-25(23-18(15)16(21)6-20)8-12-3-4-17(22-7-12)24-9-13-5-14(13)10-24/h3-4,7,11,13-14,16H,2,5-6,8-10H2,1H3. The summed E-state index contributed by atoms with van der Waals surface area (Å²) in [7, 11) is 0. The maximum absolute atomic E-state index is 13.9. The van der Waals surface area contributed by atoms with Crippen LogP contribution < -0.4 is 4.90 Å². The van der Waals surface area contributed by atoms with E-state index in [0.29, 0.717) is 6.54 Å². The van der Waals surface area contributed by atoms with Gasteiger partial charge in [0.05, 0.1) is 13.2 Å². The smallest absolute Gasteiger partial charge is 0.341 e. The van der Waals surface area contributed by atoms with Gasteiger partial charge < -0.3 is 9.64 Å². The molecule has 1 aliphatic heterocycles. The lowest BCUT2D eigenvalue weighted by molar-refractivity contribution is 0.0522. The molecule has 1 aliphatic carbocycles. The number of ether oxygens (including phenoxy) is 1. The van der Waals surface area contributed by atoms with E-state index in [1.54, 1.807) is 13.1 Å². The predicted molar refractivity (Wildman–Crippen MR) is 95.2 cm³/mol. The third kappa shape index (κ3) is 3.65. The van der Waals surface area contributed by atoms with E-state index in [2.05, 4.69) is 15.0 Å². The number of esters is 1. The Labute approximate surface area is 156 Å². The predicted octanol–water partition coefficient (Wildman–Crippen LogP) is 2.94. The number of alkyl halides is 2. The van der Waals surface area contributed by atoms with Gasteiger partial charge in [-0.3, -0.25) is 4.68 Å². The van der Waals surface area contributed by atoms with Crippen LogP contribution in [0.15, 0.2) is 24.5 Å². The molecule has 2 fully saturated rings. The molecule has 2 aromatic heterocycles. The summed E-state index contributed by atoms with van der Waals surface area (Å²) in [5.74, 6) is 1.93. The van der Waals surface area contributed by atoms with Crippen molar-refractivity contribution in [1.82, 2.24) is 14.8 Å². The summed E-state index contributed by atoms with van der Waals surface area (Å²) < 4.78 is 33.0. The second-order valence-electron chi connectivity index (χ2n) is 7.15. The van der Waals surface area contributed by atoms with Crippen molar-refractivity contribution in [3.05, 3.63) is 41.3 Å². The van der Waals surface area contributed by atoms with Gasteiger partial charge in [0.1, 0.15) is 23.7 Å². The second kappa shape index (κ2) is 7.25. The van der Waals surface area contributed by atoms with Crippen molar-refractivity contribution in [1.29, 1.82) is 0 Å². The fraction of sp³-hybridized carbons (Fsp3) is 0.526. The second-order valence-corrected chi connectivity index (χ2v) is 7.15. The first-order valence-corrected chi connectivity index (χ1v) is 9.23. The average molecular weight is 376 g/mol. The fourth-order valence-electron chi connectivity index (χ4n) is 3.66. The number of aromatic nitrogens is 3. The molecule has 2 aliphatic rings. The fourth-order valence-corrected chi connectivity index (χ4v) is 3.66. The SMILES string of the molecule is CCOC(=O)c1cn(Cc2ccc(N3CC4CC4C3)nc2)nc1C(F)CF. The highest BCUT2D eigenvalue weighted by atomic mass is 19.2. The molecule has 4 rings (SSSR count). The van der Waals surface area contributed by atoms with Crippen LogP contribution in [-0.4, -0.2) is 47.1 Å². The van der Waals surface area contributed by atoms with Crippen LogP contribution in [0.3, 0.4) is 0 Å². The Balaban J connectivity index is 1.49. The van der Waals surface area contributed by atoms with E-state index in [-0.39, 0.29) is 17.9 Å². The molecule has 0 bridgehead atoms. The maximum Gasteiger partial charge on any atom is 0.341 e. The van der Waals surface area contributed by atoms with Crippen LogP contribution in [0.2, 0.25) is 0 Å². The first kappa shape index (κ1) is 17.9. The number of halogens is 2. The number of fused-ring (bicyclic) bond motifs is 1. The number of anilines is 1. The highest BCUT2D eigenvalue weighted by Crippen LogP contribution is 2.45. The molecule has 1 saturated carbocycles. The minimum Gasteiger partial charge on any atom is -0.462 e. The van der Waals surface area contributed by atoms with Gasteiger partial charge in [-0.1, -0.05) is 6.07 Å². The molecule has 0 amide bonds. The van der Waals surface area contributed by atoms with Crippen molar-refractivity contribution in [3.63, 3.8) is 0 Å². The van der Waals surface area contributed by atoms with Crippen LogP contribution >= 0.6 is 0 Å². The van der Waals surface area contributed by atoms with Gasteiger partial charge in [-0.2, -0.15) is 5.10 Å². The molecule has 3 atom stereocenters. The van der Waals surface area contributed by atoms with Gasteiger partial charge in [0.15, 0.2) is 6.17 Å². The summed E-state index contributed by atoms with van der Waals surface area (Å²) in [5, 5.41) is 4.06. The first-order chi connectivity index (χ1) is 13.1. The molecular formula is C19H22F2N4O2. The molecule has 0 spiro atoms. The van der Waals surface area contributed by atoms with Crippen molar-refractivity contribution in [3.8, 4) is 0 Å². The summed E-state index contributed by atoms with van der Waals surface area (Å²) >= 11 is 0. The quantitative estimate of drug-likeness (QED) is 0.696. The van der Waals surface area contributed by atoms with Gasteiger partial charge >= 0.3 is 5.97 Å². The zero-order valence-electron chi connectivity index (χ0n) is 15.1. The largest absolute Gasteiger partial charge is 0.462 e. The van der Waals surface area contributed by atoms with Gasteiger partial charge in [0.2, 0.25) is 0 Å². The zero-order valence-corrected chi connectivity index (χ0v) is 15.1. The lowest BCUT2D eigenvalue weighted by Gasteiger charge is -2.18. The van der Waals surface area contributed by atoms with E-state index in [0.717, 1.165) is 36.3 Å². The van der Waals surface area contributed by atoms with E-state index < -0.39 is 18.8 Å². The molecule has 0 N–H and O–H groups in total. The summed E-state index contributed by atoms with van der Waals surface area (Å²) in [4.78, 5) is 18.8. The molecule has 0 radical (unpaired) electrons. The van der Waals surface area contributed by atoms with Gasteiger partial charge in [0, 0.05) is 25.5 Å². The van der Waals surface area contributed by atoms with Crippen LogP contribution in [0.5, 0.6) is 0 Å². The van der Waals surface area contributed by atoms with Crippen molar-refractivity contribution in [2.45, 2.75) is 26.1 Å². The molecule has 3 heterocycles. The Morgan fingerprint density at radius 3 is 2.78 bits per heavy atom. The van der Waals surface area contributed by atoms with Crippen LogP contribution in [-0.2, 0) is 11.3 Å². The third-order valence-electron chi connectivity index (χ3n) is 5.17. The van der Waals surface area contributed by atoms with E-state index in [1.165, 1.54) is 17.3 Å². The number of nitrogens with zero attached hydrogens (tertiary/aromatic N) is 4. The van der Waals surface area contributed by atoms with Gasteiger partial charge in [0.25, 0.3) is 0 Å². The number of hydrogen-bond acceptors (Lipinski definition) is 5. The van der Waals surface area contributed by atoms with Crippen molar-refractivity contribution >= 4 is 11.8 Å². The number of piperidine rings is 1. The summed E-state index contributed by atoms with van der Waals surface area (Å²) in [6, 6.07) is 3.91. The van der Waals surface area contributed by atoms with Crippen molar-refractivity contribution < 1.29 is 18.3 Å². The topological polar surface area (TPSA) is 60.2 Å². The number of pyridine rings is 1. The number of hydrogen-bond donors (Lipinski definition) is 0. The average Bonchev–Trinajstić information content (AvgIpc) is 3.09. The van der Waals surface area contributed by atoms with Gasteiger partial charge in [-0.25, -0.2) is 18.6 Å². The Bertz CT molecular complexity index is 814. The monoisotopic (exact) mass is 376 g/mol. The molecular weight excluding hydrogens is 354 g/mol. The minimum atomic E-state index is -1.95. The minimum absolute atomic E-state index is 0.0390. The number of rotatable bonds is 7. The first-order valence-electron chi connectivity index (χ1n) is 9.23. The summed E-state index contributed by atoms with van der Waals surface area (Å²) in [6.45, 7) is 3.02. The molecule has 6 nitrogen and oxygen atoms in total. The molecule has 0 aromatic carbocycles. The zero-order chi connectivity index (χ0) is 19.0. The Morgan fingerprint density at radius 1 is 1.37 bits per heavy atom. The molecule has 3 unspecified atom stereocenters. The highest BCUT2D eigenvalue weighted by molar-refractivity contribution is 5.90. The van der Waals surface area contributed by atoms with E-state index in [4.69, 9.17) is 4.74 Å². The number of carbonyl (C=O) groups excluding carboxylic acids is 1. The van der Waals surface area contributed by atoms with E-state index in [9.17, 15) is 13.6 Å². The van der Waals surface area contributed by atoms with Crippen LogP contribution in [0.25, 0.3) is 0 Å². The van der Waals surface area contributed by atoms with Crippen LogP contribution in [0, 0.1) is 11.8 Å². The molecule has 1 saturated heterocycles. The summed E-state index contributed by atoms with van der Waals surface area (Å²) in [5.41, 5.74) is 0.600. The lowest BCUT2D eigenvalue weighted by atomic mass is 10.2. The highest BCUT2D eigenvalue weighted by Gasteiger charge is 2.45. The number of carbonyl (C=O) groups is 1. The Morgan fingerprint density at radius 2 is 2.15 bits per heavy atom. The van der Waals surface area contributed by atoms with Crippen LogP contribution in [0.1, 0.15) is 41.1 Å². The molecule has 27 heavy (non-hydrogen) atoms. The molecule has 2 aromatic rings. The molecule has 8 heteroatoms. The summed E-state index contributed by atoms with van der Waals surface area (Å²) in [6.07, 6.45) is 2.55. The third-order valence-corrected chi connectivity index (χ3v) is 5.17. The lowest BCUT2D eigenvalue weighted by Crippen LogP contribution is -2.22. The van der Waals surface area contributed by atoms with Crippen molar-refractivity contribution in [2.75, 3.05) is 31.3 Å². The van der Waals surface area contributed by atoms with Crippen molar-refractivity contribution in [2.24, 2.45) is 11.8 Å². The maximum atomic E-state index is 13.9. The van der Waals surface area contributed by atoms with Crippen LogP contribution in [0.4, 0.5) is 14.6 Å². The normalized spacial score (nSPS) is 21.8. The Hall–Kier alpha value is -2.51. The van der Waals surface area contributed by atoms with E-state index >= 15 is 0 Å². The van der Waals surface area contributed by atoms with Gasteiger partial charge in [-0.05, 0) is 36.8 Å². The van der Waals surface area contributed by atoms with E-state index in [1.807, 2.05) is 12.1 Å².